The number of hydrogen-bond donors (Lipinski definition) is 0. The monoisotopic (exact) mass is 114 g/mol. The minimum absolute atomic E-state index is 0. The summed E-state index contributed by atoms with van der Waals surface area (Å²) in [5.74, 6) is 0. The highest BCUT2D eigenvalue weighted by Crippen LogP contribution is 1.85. The fourth-order valence-corrected chi connectivity index (χ4v) is 0. The van der Waals surface area contributed by atoms with Crippen LogP contribution < -0.4 is 0 Å². The standard InChI is InChI=1S/2C2H4O.Mg.2H/c2*1-2-3-1;;;/h2*1-2H2;;;. The summed E-state index contributed by atoms with van der Waals surface area (Å²) in [7, 11) is 0. The molecule has 2 heterocycles. The average Bonchev–Trinajstić information content (AvgIpc) is 2.31. The topological polar surface area (TPSA) is 25.1 Å². The van der Waals surface area contributed by atoms with Gasteiger partial charge in [-0.3, -0.25) is 0 Å². The normalized spacial score (nSPS) is 20.6. The van der Waals surface area contributed by atoms with Crippen molar-refractivity contribution in [3.8, 4) is 0 Å². The molecule has 0 N–H and O–H groups in total. The number of rotatable bonds is 0. The molecule has 0 amide bonds. The van der Waals surface area contributed by atoms with Gasteiger partial charge in [0.25, 0.3) is 0 Å². The van der Waals surface area contributed by atoms with Gasteiger partial charge in [0.05, 0.1) is 26.4 Å². The Morgan fingerprint density at radius 3 is 0.857 bits per heavy atom. The van der Waals surface area contributed by atoms with Gasteiger partial charge in [-0.05, 0) is 0 Å². The Bertz CT molecular complexity index is 25.2. The Kier molecular flexibility index (Phi) is 5.31. The summed E-state index contributed by atoms with van der Waals surface area (Å²) in [5.41, 5.74) is 0. The lowest BCUT2D eigenvalue weighted by atomic mass is 11.0. The summed E-state index contributed by atoms with van der Waals surface area (Å²) >= 11 is 0. The number of epoxide rings is 2. The zero-order valence-corrected chi connectivity index (χ0v) is 3.64. The lowest BCUT2D eigenvalue weighted by Gasteiger charge is -1.24. The van der Waals surface area contributed by atoms with Gasteiger partial charge in [-0.1, -0.05) is 0 Å². The minimum Gasteiger partial charge on any atom is -0.377 e. The van der Waals surface area contributed by atoms with E-state index < -0.39 is 0 Å². The van der Waals surface area contributed by atoms with Crippen LogP contribution in [0.4, 0.5) is 0 Å². The molecule has 0 radical (unpaired) electrons. The molecule has 2 aliphatic rings. The van der Waals surface area contributed by atoms with Crippen LogP contribution in [-0.4, -0.2) is 49.5 Å². The van der Waals surface area contributed by atoms with Gasteiger partial charge in [-0.15, -0.1) is 0 Å². The van der Waals surface area contributed by atoms with Crippen LogP contribution >= 0.6 is 0 Å². The third kappa shape index (κ3) is 20.3. The first kappa shape index (κ1) is 7.69. The zero-order valence-electron chi connectivity index (χ0n) is 3.64. The average molecular weight is 114 g/mol. The Balaban J connectivity index is 0.0000000900. The molecule has 2 aliphatic heterocycles. The molecule has 0 bridgehead atoms. The molecule has 2 saturated heterocycles. The van der Waals surface area contributed by atoms with E-state index in [-0.39, 0.29) is 23.1 Å². The lowest BCUT2D eigenvalue weighted by molar-refractivity contribution is 0.475. The molecular formula is C4H10MgO2. The van der Waals surface area contributed by atoms with Crippen molar-refractivity contribution in [2.24, 2.45) is 0 Å². The van der Waals surface area contributed by atoms with E-state index in [1.54, 1.807) is 0 Å². The van der Waals surface area contributed by atoms with Gasteiger partial charge in [0.1, 0.15) is 0 Å². The third-order valence-electron chi connectivity index (χ3n) is 0.408. The molecular weight excluding hydrogens is 104 g/mol. The fourth-order valence-electron chi connectivity index (χ4n) is 0. The van der Waals surface area contributed by atoms with Crippen molar-refractivity contribution in [1.82, 2.24) is 0 Å². The Hall–Kier alpha value is 0.686. The highest BCUT2D eigenvalue weighted by molar-refractivity contribution is 5.75. The summed E-state index contributed by atoms with van der Waals surface area (Å²) < 4.78 is 9.00. The molecule has 0 aromatic rings. The van der Waals surface area contributed by atoms with Gasteiger partial charge < -0.3 is 9.47 Å². The summed E-state index contributed by atoms with van der Waals surface area (Å²) in [4.78, 5) is 0. The molecule has 0 atom stereocenters. The quantitative estimate of drug-likeness (QED) is 0.302. The van der Waals surface area contributed by atoms with Gasteiger partial charge in [0.2, 0.25) is 0 Å². The molecule has 0 saturated carbocycles. The first-order valence-corrected chi connectivity index (χ1v) is 2.15. The van der Waals surface area contributed by atoms with E-state index in [4.69, 9.17) is 0 Å². The van der Waals surface area contributed by atoms with Gasteiger partial charge in [-0.2, -0.15) is 0 Å². The zero-order chi connectivity index (χ0) is 4.24. The molecule has 7 heavy (non-hydrogen) atoms. The van der Waals surface area contributed by atoms with Crippen molar-refractivity contribution >= 4 is 23.1 Å². The maximum Gasteiger partial charge on any atom is 0.316 e. The van der Waals surface area contributed by atoms with Crippen LogP contribution in [0, 0.1) is 0 Å². The summed E-state index contributed by atoms with van der Waals surface area (Å²) in [5, 5.41) is 0. The van der Waals surface area contributed by atoms with E-state index in [2.05, 4.69) is 9.47 Å². The first-order chi connectivity index (χ1) is 3.00. The van der Waals surface area contributed by atoms with Crippen molar-refractivity contribution in [2.75, 3.05) is 26.4 Å². The van der Waals surface area contributed by atoms with Gasteiger partial charge >= 0.3 is 23.1 Å². The second-order valence-corrected chi connectivity index (χ2v) is 1.22. The van der Waals surface area contributed by atoms with Crippen molar-refractivity contribution < 1.29 is 9.47 Å². The smallest absolute Gasteiger partial charge is 0.316 e. The van der Waals surface area contributed by atoms with Gasteiger partial charge in [0, 0.05) is 0 Å². The summed E-state index contributed by atoms with van der Waals surface area (Å²) in [6.07, 6.45) is 0. The molecule has 2 nitrogen and oxygen atoms in total. The van der Waals surface area contributed by atoms with Crippen LogP contribution in [0.2, 0.25) is 0 Å². The van der Waals surface area contributed by atoms with E-state index >= 15 is 0 Å². The van der Waals surface area contributed by atoms with E-state index in [0.29, 0.717) is 0 Å². The number of hydrogen-bond acceptors (Lipinski definition) is 2. The van der Waals surface area contributed by atoms with Crippen molar-refractivity contribution in [1.29, 1.82) is 0 Å². The fraction of sp³-hybridized carbons (Fsp3) is 1.00. The van der Waals surface area contributed by atoms with Crippen LogP contribution in [0.1, 0.15) is 0 Å². The van der Waals surface area contributed by atoms with Crippen LogP contribution in [0.3, 0.4) is 0 Å². The Morgan fingerprint density at radius 1 is 0.714 bits per heavy atom. The van der Waals surface area contributed by atoms with Gasteiger partial charge in [0.15, 0.2) is 0 Å². The molecule has 3 heteroatoms. The molecule has 0 aliphatic carbocycles. The summed E-state index contributed by atoms with van der Waals surface area (Å²) in [6, 6.07) is 0. The van der Waals surface area contributed by atoms with Crippen LogP contribution in [-0.2, 0) is 9.47 Å². The van der Waals surface area contributed by atoms with E-state index in [9.17, 15) is 0 Å². The van der Waals surface area contributed by atoms with Crippen LogP contribution in [0.15, 0.2) is 0 Å². The molecule has 2 rings (SSSR count). The lowest BCUT2D eigenvalue weighted by Crippen LogP contribution is -1.20. The highest BCUT2D eigenvalue weighted by atomic mass is 24.3. The second kappa shape index (κ2) is 4.84. The predicted molar refractivity (Wildman–Crippen MR) is 30.2 cm³/mol. The highest BCUT2D eigenvalue weighted by Gasteiger charge is 1.94. The Morgan fingerprint density at radius 2 is 0.857 bits per heavy atom. The molecule has 0 aromatic carbocycles. The number of ether oxygens (including phenoxy) is 2. The molecule has 0 unspecified atom stereocenters. The van der Waals surface area contributed by atoms with Crippen molar-refractivity contribution in [2.45, 2.75) is 0 Å². The maximum atomic E-state index is 4.50. The SMILES string of the molecule is C1CO1.C1CO1.[MgH2]. The van der Waals surface area contributed by atoms with E-state index in [1.165, 1.54) is 0 Å². The van der Waals surface area contributed by atoms with E-state index in [1.807, 2.05) is 0 Å². The largest absolute Gasteiger partial charge is 0.377 e. The third-order valence-corrected chi connectivity index (χ3v) is 0.408. The molecule has 0 aromatic heterocycles. The van der Waals surface area contributed by atoms with Crippen molar-refractivity contribution in [3.05, 3.63) is 0 Å². The summed E-state index contributed by atoms with van der Waals surface area (Å²) in [6.45, 7) is 4.00. The molecule has 40 valence electrons. The Labute approximate surface area is 59.3 Å². The van der Waals surface area contributed by atoms with E-state index in [0.717, 1.165) is 26.4 Å². The predicted octanol–water partition coefficient (Wildman–Crippen LogP) is -0.883. The molecule has 2 fully saturated rings. The second-order valence-electron chi connectivity index (χ2n) is 1.22. The van der Waals surface area contributed by atoms with Crippen LogP contribution in [0.5, 0.6) is 0 Å². The van der Waals surface area contributed by atoms with Gasteiger partial charge in [-0.25, -0.2) is 0 Å². The first-order valence-electron chi connectivity index (χ1n) is 2.15. The van der Waals surface area contributed by atoms with Crippen molar-refractivity contribution in [3.63, 3.8) is 0 Å². The minimum atomic E-state index is 0. The maximum absolute atomic E-state index is 4.50. The van der Waals surface area contributed by atoms with Crippen LogP contribution in [0.25, 0.3) is 0 Å². The molecule has 0 spiro atoms.